The lowest BCUT2D eigenvalue weighted by Crippen LogP contribution is -2.45. The molecule has 0 bridgehead atoms. The van der Waals surface area contributed by atoms with E-state index in [2.05, 4.69) is 5.32 Å². The van der Waals surface area contributed by atoms with E-state index >= 15 is 0 Å². The van der Waals surface area contributed by atoms with Crippen LogP contribution in [0.5, 0.6) is 5.75 Å². The number of methoxy groups -OCH3 is 1. The Labute approximate surface area is 163 Å². The number of carbonyl (C=O) groups excluding carboxylic acids is 1. The smallest absolute Gasteiger partial charge is 0.274 e. The lowest BCUT2D eigenvalue weighted by Gasteiger charge is -2.28. The molecule has 1 atom stereocenters. The minimum atomic E-state index is -3.78. The molecule has 9 nitrogen and oxygen atoms in total. The first-order valence-electron chi connectivity index (χ1n) is 8.24. The zero-order valence-electron chi connectivity index (χ0n) is 15.9. The molecule has 0 radical (unpaired) electrons. The largest absolute Gasteiger partial charge is 0.497 e. The molecule has 0 saturated heterocycles. The molecule has 1 N–H and O–H groups in total. The molecule has 2 aromatic rings. The van der Waals surface area contributed by atoms with E-state index in [-0.39, 0.29) is 16.9 Å². The fraction of sp³-hybridized carbons (Fsp3) is 0.278. The summed E-state index contributed by atoms with van der Waals surface area (Å²) < 4.78 is 30.7. The lowest BCUT2D eigenvalue weighted by molar-refractivity contribution is -0.385. The molecule has 0 aliphatic heterocycles. The van der Waals surface area contributed by atoms with Crippen LogP contribution in [0, 0.1) is 17.0 Å². The van der Waals surface area contributed by atoms with Crippen LogP contribution in [0.4, 0.5) is 17.1 Å². The highest BCUT2D eigenvalue weighted by Crippen LogP contribution is 2.27. The number of hydrogen-bond donors (Lipinski definition) is 1. The maximum atomic E-state index is 12.7. The maximum Gasteiger partial charge on any atom is 0.274 e. The van der Waals surface area contributed by atoms with Crippen LogP contribution >= 0.6 is 0 Å². The molecular weight excluding hydrogens is 386 g/mol. The number of rotatable bonds is 7. The molecular formula is C18H21N3O6S. The third-order valence-corrected chi connectivity index (χ3v) is 5.42. The zero-order valence-corrected chi connectivity index (χ0v) is 16.7. The Balaban J connectivity index is 2.34. The van der Waals surface area contributed by atoms with Crippen LogP contribution in [-0.2, 0) is 14.8 Å². The number of nitrogens with one attached hydrogen (secondary N) is 1. The van der Waals surface area contributed by atoms with Gasteiger partial charge in [0.2, 0.25) is 15.9 Å². The Kier molecular flexibility index (Phi) is 6.24. The molecule has 0 heterocycles. The van der Waals surface area contributed by atoms with Gasteiger partial charge < -0.3 is 10.1 Å². The molecule has 1 amide bonds. The van der Waals surface area contributed by atoms with E-state index in [0.29, 0.717) is 11.4 Å². The van der Waals surface area contributed by atoms with E-state index in [1.807, 2.05) is 0 Å². The van der Waals surface area contributed by atoms with Crippen LogP contribution in [0.25, 0.3) is 0 Å². The Morgan fingerprint density at radius 2 is 1.82 bits per heavy atom. The number of anilines is 2. The van der Waals surface area contributed by atoms with E-state index in [1.165, 1.54) is 51.3 Å². The fourth-order valence-electron chi connectivity index (χ4n) is 2.73. The van der Waals surface area contributed by atoms with E-state index in [0.717, 1.165) is 10.6 Å². The average molecular weight is 407 g/mol. The van der Waals surface area contributed by atoms with Crippen LogP contribution in [-0.4, -0.2) is 38.7 Å². The first-order valence-corrected chi connectivity index (χ1v) is 10.1. The standard InChI is InChI=1S/C18H21N3O6S/c1-12-16(6-5-7-17(12)21(23)24)19-18(22)13(2)20(28(4,25)26)14-8-10-15(27-3)11-9-14/h5-11,13H,1-4H3,(H,19,22)/t13-/m1/s1. The van der Waals surface area contributed by atoms with E-state index in [1.54, 1.807) is 12.1 Å². The Hall–Kier alpha value is -3.14. The summed E-state index contributed by atoms with van der Waals surface area (Å²) in [6.07, 6.45) is 1.000. The monoisotopic (exact) mass is 407 g/mol. The highest BCUT2D eigenvalue weighted by molar-refractivity contribution is 7.92. The summed E-state index contributed by atoms with van der Waals surface area (Å²) in [7, 11) is -2.30. The van der Waals surface area contributed by atoms with Crippen molar-refractivity contribution in [3.63, 3.8) is 0 Å². The topological polar surface area (TPSA) is 119 Å². The Bertz CT molecular complexity index is 989. The van der Waals surface area contributed by atoms with Gasteiger partial charge in [0.1, 0.15) is 11.8 Å². The van der Waals surface area contributed by atoms with Gasteiger partial charge in [0.15, 0.2) is 0 Å². The van der Waals surface area contributed by atoms with Crippen LogP contribution < -0.4 is 14.4 Å². The van der Waals surface area contributed by atoms with Gasteiger partial charge in [-0.05, 0) is 44.2 Å². The van der Waals surface area contributed by atoms with Gasteiger partial charge in [-0.2, -0.15) is 0 Å². The molecule has 2 aromatic carbocycles. The number of sulfonamides is 1. The molecule has 0 aliphatic rings. The van der Waals surface area contributed by atoms with Crippen LogP contribution in [0.1, 0.15) is 12.5 Å². The van der Waals surface area contributed by atoms with Gasteiger partial charge in [0.05, 0.1) is 35.2 Å². The van der Waals surface area contributed by atoms with Gasteiger partial charge in [0.25, 0.3) is 5.69 Å². The summed E-state index contributed by atoms with van der Waals surface area (Å²) in [6.45, 7) is 2.95. The van der Waals surface area contributed by atoms with Crippen LogP contribution in [0.15, 0.2) is 42.5 Å². The van der Waals surface area contributed by atoms with Crippen LogP contribution in [0.3, 0.4) is 0 Å². The number of ether oxygens (including phenoxy) is 1. The highest BCUT2D eigenvalue weighted by atomic mass is 32.2. The van der Waals surface area contributed by atoms with Crippen molar-refractivity contribution in [2.75, 3.05) is 23.0 Å². The van der Waals surface area contributed by atoms with Gasteiger partial charge >= 0.3 is 0 Å². The van der Waals surface area contributed by atoms with Crippen molar-refractivity contribution >= 4 is 33.0 Å². The van der Waals surface area contributed by atoms with E-state index in [4.69, 9.17) is 4.74 Å². The van der Waals surface area contributed by atoms with Crippen molar-refractivity contribution < 1.29 is 22.9 Å². The van der Waals surface area contributed by atoms with E-state index in [9.17, 15) is 23.3 Å². The number of nitro groups is 1. The highest BCUT2D eigenvalue weighted by Gasteiger charge is 2.29. The second kappa shape index (κ2) is 8.26. The summed E-state index contributed by atoms with van der Waals surface area (Å²) in [6, 6.07) is 9.43. The first-order chi connectivity index (χ1) is 13.1. The normalized spacial score (nSPS) is 12.1. The van der Waals surface area contributed by atoms with Crippen molar-refractivity contribution in [1.82, 2.24) is 0 Å². The molecule has 0 fully saturated rings. The number of nitrogens with zero attached hydrogens (tertiary/aromatic N) is 2. The average Bonchev–Trinajstić information content (AvgIpc) is 2.62. The lowest BCUT2D eigenvalue weighted by atomic mass is 10.1. The molecule has 0 spiro atoms. The molecule has 0 unspecified atom stereocenters. The minimum absolute atomic E-state index is 0.138. The third kappa shape index (κ3) is 4.58. The summed E-state index contributed by atoms with van der Waals surface area (Å²) in [4.78, 5) is 23.2. The fourth-order valence-corrected chi connectivity index (χ4v) is 3.91. The summed E-state index contributed by atoms with van der Waals surface area (Å²) in [5.74, 6) is -0.0774. The zero-order chi connectivity index (χ0) is 21.1. The molecule has 0 aromatic heterocycles. The second-order valence-corrected chi connectivity index (χ2v) is 7.99. The van der Waals surface area contributed by atoms with Crippen LogP contribution in [0.2, 0.25) is 0 Å². The van der Waals surface area contributed by atoms with Crippen molar-refractivity contribution in [2.45, 2.75) is 19.9 Å². The second-order valence-electron chi connectivity index (χ2n) is 6.13. The quantitative estimate of drug-likeness (QED) is 0.557. The maximum absolute atomic E-state index is 12.7. The van der Waals surface area contributed by atoms with Crippen molar-refractivity contribution in [3.8, 4) is 5.75 Å². The SMILES string of the molecule is COc1ccc(N([C@H](C)C(=O)Nc2cccc([N+](=O)[O-])c2C)S(C)(=O)=O)cc1. The number of carbonyl (C=O) groups is 1. The number of benzene rings is 2. The van der Waals surface area contributed by atoms with Gasteiger partial charge in [-0.25, -0.2) is 8.42 Å². The predicted octanol–water partition coefficient (Wildman–Crippen LogP) is 2.71. The first kappa shape index (κ1) is 21.2. The summed E-state index contributed by atoms with van der Waals surface area (Å²) >= 11 is 0. The van der Waals surface area contributed by atoms with Gasteiger partial charge in [-0.1, -0.05) is 6.07 Å². The minimum Gasteiger partial charge on any atom is -0.497 e. The predicted molar refractivity (Wildman–Crippen MR) is 106 cm³/mol. The molecule has 0 aliphatic carbocycles. The number of amides is 1. The number of hydrogen-bond acceptors (Lipinski definition) is 6. The third-order valence-electron chi connectivity index (χ3n) is 4.18. The molecule has 28 heavy (non-hydrogen) atoms. The van der Waals surface area contributed by atoms with Gasteiger partial charge in [-0.15, -0.1) is 0 Å². The van der Waals surface area contributed by atoms with Gasteiger partial charge in [-0.3, -0.25) is 19.2 Å². The van der Waals surface area contributed by atoms with Crippen molar-refractivity contribution in [3.05, 3.63) is 58.1 Å². The summed E-state index contributed by atoms with van der Waals surface area (Å²) in [5, 5.41) is 13.6. The van der Waals surface area contributed by atoms with Gasteiger partial charge in [0, 0.05) is 6.07 Å². The molecule has 10 heteroatoms. The van der Waals surface area contributed by atoms with Crippen molar-refractivity contribution in [1.29, 1.82) is 0 Å². The molecule has 150 valence electrons. The van der Waals surface area contributed by atoms with Crippen molar-refractivity contribution in [2.24, 2.45) is 0 Å². The van der Waals surface area contributed by atoms with E-state index < -0.39 is 26.9 Å². The number of nitro benzene ring substituents is 1. The summed E-state index contributed by atoms with van der Waals surface area (Å²) in [5.41, 5.74) is 0.680. The molecule has 2 rings (SSSR count). The Morgan fingerprint density at radius 3 is 2.32 bits per heavy atom. The Morgan fingerprint density at radius 1 is 1.21 bits per heavy atom. The molecule has 0 saturated carbocycles.